The summed E-state index contributed by atoms with van der Waals surface area (Å²) in [7, 11) is 1.48. The zero-order valence-electron chi connectivity index (χ0n) is 9.30. The number of hydrogen-bond donors (Lipinski definition) is 2. The van der Waals surface area contributed by atoms with Crippen molar-refractivity contribution in [1.82, 2.24) is 20.1 Å². The van der Waals surface area contributed by atoms with Gasteiger partial charge in [0.05, 0.1) is 0 Å². The summed E-state index contributed by atoms with van der Waals surface area (Å²) in [5.74, 6) is -0.375. The molecule has 0 radical (unpaired) electrons. The Kier molecular flexibility index (Phi) is 3.04. The van der Waals surface area contributed by atoms with Crippen LogP contribution >= 0.6 is 0 Å². The number of carbonyl (C=O) groups excluding carboxylic acids is 1. The highest BCUT2D eigenvalue weighted by molar-refractivity contribution is 5.90. The Bertz CT molecular complexity index is 571. The number of benzene rings is 1. The van der Waals surface area contributed by atoms with Gasteiger partial charge in [0, 0.05) is 13.6 Å². The molecule has 2 aromatic rings. The molecule has 0 bridgehead atoms. The number of rotatable bonds is 3. The fraction of sp³-hybridized carbons (Fsp3) is 0.182. The summed E-state index contributed by atoms with van der Waals surface area (Å²) >= 11 is 0. The van der Waals surface area contributed by atoms with E-state index in [-0.39, 0.29) is 5.82 Å². The van der Waals surface area contributed by atoms with Crippen LogP contribution in [0.3, 0.4) is 0 Å². The molecule has 1 heterocycles. The molecule has 0 aliphatic heterocycles. The van der Waals surface area contributed by atoms with Crippen LogP contribution in [-0.2, 0) is 13.6 Å². The van der Waals surface area contributed by atoms with Gasteiger partial charge in [0.2, 0.25) is 5.82 Å². The van der Waals surface area contributed by atoms with Crippen molar-refractivity contribution in [2.45, 2.75) is 6.54 Å². The van der Waals surface area contributed by atoms with E-state index in [2.05, 4.69) is 15.4 Å². The minimum Gasteiger partial charge on any atom is -0.345 e. The van der Waals surface area contributed by atoms with Crippen LogP contribution < -0.4 is 11.0 Å². The number of hydrogen-bond acceptors (Lipinski definition) is 3. The van der Waals surface area contributed by atoms with E-state index in [0.29, 0.717) is 6.54 Å². The molecule has 6 nitrogen and oxygen atoms in total. The normalized spacial score (nSPS) is 10.2. The van der Waals surface area contributed by atoms with Gasteiger partial charge in [-0.1, -0.05) is 30.3 Å². The van der Waals surface area contributed by atoms with Gasteiger partial charge in [0.1, 0.15) is 0 Å². The standard InChI is InChI=1S/C11H12N4O2/c1-15-11(17)13-9(14-15)10(16)12-7-8-5-3-2-4-6-8/h2-6H,7H2,1H3,(H,12,16)(H,13,14,17). The molecule has 1 aromatic heterocycles. The third-order valence-electron chi connectivity index (χ3n) is 2.28. The molecule has 0 fully saturated rings. The number of aryl methyl sites for hydroxylation is 1. The van der Waals surface area contributed by atoms with E-state index in [1.165, 1.54) is 7.05 Å². The first kappa shape index (κ1) is 11.1. The Morgan fingerprint density at radius 1 is 1.41 bits per heavy atom. The average molecular weight is 232 g/mol. The molecule has 2 rings (SSSR count). The van der Waals surface area contributed by atoms with Gasteiger partial charge in [-0.25, -0.2) is 9.48 Å². The second-order valence-corrected chi connectivity index (χ2v) is 3.57. The van der Waals surface area contributed by atoms with E-state index < -0.39 is 11.6 Å². The van der Waals surface area contributed by atoms with Crippen LogP contribution in [-0.4, -0.2) is 20.7 Å². The second kappa shape index (κ2) is 4.65. The zero-order valence-corrected chi connectivity index (χ0v) is 9.30. The lowest BCUT2D eigenvalue weighted by atomic mass is 10.2. The third kappa shape index (κ3) is 2.60. The quantitative estimate of drug-likeness (QED) is 0.784. The second-order valence-electron chi connectivity index (χ2n) is 3.57. The van der Waals surface area contributed by atoms with Gasteiger partial charge in [0.15, 0.2) is 0 Å². The van der Waals surface area contributed by atoms with Crippen LogP contribution in [0.5, 0.6) is 0 Å². The lowest BCUT2D eigenvalue weighted by molar-refractivity contribution is 0.0940. The van der Waals surface area contributed by atoms with Crippen molar-refractivity contribution >= 4 is 5.91 Å². The number of amides is 1. The Labute approximate surface area is 97.3 Å². The molecule has 0 aliphatic carbocycles. The summed E-state index contributed by atoms with van der Waals surface area (Å²) in [5.41, 5.74) is 0.578. The van der Waals surface area contributed by atoms with Gasteiger partial charge in [0.25, 0.3) is 5.91 Å². The van der Waals surface area contributed by atoms with Gasteiger partial charge in [-0.2, -0.15) is 0 Å². The third-order valence-corrected chi connectivity index (χ3v) is 2.28. The van der Waals surface area contributed by atoms with Gasteiger partial charge in [-0.3, -0.25) is 9.78 Å². The fourth-order valence-electron chi connectivity index (χ4n) is 1.37. The number of nitrogens with one attached hydrogen (secondary N) is 2. The molecule has 0 atom stereocenters. The Morgan fingerprint density at radius 2 is 2.12 bits per heavy atom. The van der Waals surface area contributed by atoms with Crippen molar-refractivity contribution in [1.29, 1.82) is 0 Å². The van der Waals surface area contributed by atoms with Crippen molar-refractivity contribution in [2.75, 3.05) is 0 Å². The first-order valence-corrected chi connectivity index (χ1v) is 5.12. The van der Waals surface area contributed by atoms with E-state index >= 15 is 0 Å². The highest BCUT2D eigenvalue weighted by Crippen LogP contribution is 1.97. The number of H-pyrrole nitrogens is 1. The highest BCUT2D eigenvalue weighted by Gasteiger charge is 2.10. The maximum absolute atomic E-state index is 11.6. The molecule has 0 unspecified atom stereocenters. The molecule has 0 saturated heterocycles. The molecule has 6 heteroatoms. The van der Waals surface area contributed by atoms with Crippen LogP contribution in [0.1, 0.15) is 16.2 Å². The molecule has 17 heavy (non-hydrogen) atoms. The SMILES string of the molecule is Cn1nc(C(=O)NCc2ccccc2)[nH]c1=O. The largest absolute Gasteiger partial charge is 0.345 e. The molecule has 2 N–H and O–H groups in total. The molecule has 0 aliphatic rings. The van der Waals surface area contributed by atoms with E-state index in [9.17, 15) is 9.59 Å². The highest BCUT2D eigenvalue weighted by atomic mass is 16.2. The molecule has 88 valence electrons. The molecular weight excluding hydrogens is 220 g/mol. The first-order valence-electron chi connectivity index (χ1n) is 5.12. The summed E-state index contributed by atoms with van der Waals surface area (Å²) in [4.78, 5) is 25.1. The Balaban J connectivity index is 2.01. The summed E-state index contributed by atoms with van der Waals surface area (Å²) in [5, 5.41) is 6.43. The van der Waals surface area contributed by atoms with E-state index in [0.717, 1.165) is 10.2 Å². The lowest BCUT2D eigenvalue weighted by Gasteiger charge is -2.02. The average Bonchev–Trinajstić information content (AvgIpc) is 2.68. The van der Waals surface area contributed by atoms with Crippen LogP contribution in [0, 0.1) is 0 Å². The minimum absolute atomic E-state index is 0.0217. The van der Waals surface area contributed by atoms with Crippen molar-refractivity contribution in [3.63, 3.8) is 0 Å². The maximum atomic E-state index is 11.6. The smallest absolute Gasteiger partial charge is 0.343 e. The number of nitrogens with zero attached hydrogens (tertiary/aromatic N) is 2. The van der Waals surface area contributed by atoms with Crippen LogP contribution in [0.4, 0.5) is 0 Å². The van der Waals surface area contributed by atoms with E-state index in [1.54, 1.807) is 0 Å². The summed E-state index contributed by atoms with van der Waals surface area (Å²) < 4.78 is 1.08. The van der Waals surface area contributed by atoms with Crippen molar-refractivity contribution in [2.24, 2.45) is 7.05 Å². The number of aromatic amines is 1. The van der Waals surface area contributed by atoms with Crippen LogP contribution in [0.25, 0.3) is 0 Å². The number of carbonyl (C=O) groups is 1. The van der Waals surface area contributed by atoms with Crippen LogP contribution in [0.15, 0.2) is 35.1 Å². The predicted molar refractivity (Wildman–Crippen MR) is 61.4 cm³/mol. The molecule has 1 aromatic carbocycles. The van der Waals surface area contributed by atoms with E-state index in [1.807, 2.05) is 30.3 Å². The van der Waals surface area contributed by atoms with Gasteiger partial charge < -0.3 is 5.32 Å². The maximum Gasteiger partial charge on any atom is 0.343 e. The topological polar surface area (TPSA) is 79.8 Å². The Hall–Kier alpha value is -2.37. The first-order chi connectivity index (χ1) is 8.16. The monoisotopic (exact) mass is 232 g/mol. The predicted octanol–water partition coefficient (Wildman–Crippen LogP) is 0.0384. The van der Waals surface area contributed by atoms with Gasteiger partial charge >= 0.3 is 5.69 Å². The fourth-order valence-corrected chi connectivity index (χ4v) is 1.37. The molecule has 1 amide bonds. The number of aromatic nitrogens is 3. The molecular formula is C11H12N4O2. The van der Waals surface area contributed by atoms with Crippen molar-refractivity contribution in [3.8, 4) is 0 Å². The van der Waals surface area contributed by atoms with Crippen LogP contribution in [0.2, 0.25) is 0 Å². The van der Waals surface area contributed by atoms with Gasteiger partial charge in [-0.15, -0.1) is 5.10 Å². The van der Waals surface area contributed by atoms with Crippen molar-refractivity contribution < 1.29 is 4.79 Å². The van der Waals surface area contributed by atoms with Crippen molar-refractivity contribution in [3.05, 3.63) is 52.2 Å². The summed E-state index contributed by atoms with van der Waals surface area (Å²) in [6.07, 6.45) is 0. The molecule has 0 saturated carbocycles. The summed E-state index contributed by atoms with van der Waals surface area (Å²) in [6, 6.07) is 9.50. The summed E-state index contributed by atoms with van der Waals surface area (Å²) in [6.45, 7) is 0.401. The van der Waals surface area contributed by atoms with E-state index in [4.69, 9.17) is 0 Å². The molecule has 0 spiro atoms. The zero-order chi connectivity index (χ0) is 12.3. The minimum atomic E-state index is -0.408. The lowest BCUT2D eigenvalue weighted by Crippen LogP contribution is -2.24. The Morgan fingerprint density at radius 3 is 2.71 bits per heavy atom. The van der Waals surface area contributed by atoms with Gasteiger partial charge in [-0.05, 0) is 5.56 Å².